The van der Waals surface area contributed by atoms with Crippen molar-refractivity contribution < 1.29 is 0 Å². The van der Waals surface area contributed by atoms with Crippen molar-refractivity contribution >= 4 is 11.6 Å². The van der Waals surface area contributed by atoms with Gasteiger partial charge in [0, 0.05) is 5.02 Å². The second kappa shape index (κ2) is 5.52. The van der Waals surface area contributed by atoms with Crippen LogP contribution in [0.2, 0.25) is 5.02 Å². The molecule has 1 unspecified atom stereocenters. The maximum atomic E-state index is 9.26. The van der Waals surface area contributed by atoms with E-state index in [1.807, 2.05) is 54.6 Å². The Morgan fingerprint density at radius 1 is 1.00 bits per heavy atom. The first-order chi connectivity index (χ1) is 8.31. The predicted molar refractivity (Wildman–Crippen MR) is 70.0 cm³/mol. The molecule has 0 bridgehead atoms. The van der Waals surface area contributed by atoms with E-state index in [1.165, 1.54) is 0 Å². The van der Waals surface area contributed by atoms with E-state index >= 15 is 0 Å². The van der Waals surface area contributed by atoms with E-state index in [2.05, 4.69) is 6.07 Å². The van der Waals surface area contributed by atoms with Gasteiger partial charge in [0.25, 0.3) is 0 Å². The Kier molecular flexibility index (Phi) is 3.80. The third-order valence-corrected chi connectivity index (χ3v) is 3.06. The number of nitriles is 1. The molecule has 0 spiro atoms. The van der Waals surface area contributed by atoms with Crippen molar-refractivity contribution in [3.63, 3.8) is 0 Å². The number of hydrogen-bond donors (Lipinski definition) is 0. The van der Waals surface area contributed by atoms with Gasteiger partial charge in [-0.15, -0.1) is 0 Å². The van der Waals surface area contributed by atoms with E-state index in [0.717, 1.165) is 11.1 Å². The summed E-state index contributed by atoms with van der Waals surface area (Å²) in [7, 11) is 0. The largest absolute Gasteiger partial charge is 0.198 e. The van der Waals surface area contributed by atoms with E-state index in [-0.39, 0.29) is 5.92 Å². The predicted octanol–water partition coefficient (Wildman–Crippen LogP) is 4.19. The van der Waals surface area contributed by atoms with Crippen LogP contribution in [0.1, 0.15) is 17.0 Å². The summed E-state index contributed by atoms with van der Waals surface area (Å²) in [4.78, 5) is 0. The van der Waals surface area contributed by atoms with Gasteiger partial charge < -0.3 is 0 Å². The molecule has 84 valence electrons. The lowest BCUT2D eigenvalue weighted by Gasteiger charge is -2.11. The number of nitrogens with zero attached hydrogens (tertiary/aromatic N) is 1. The smallest absolute Gasteiger partial charge is 0.0767 e. The fourth-order valence-electron chi connectivity index (χ4n) is 1.83. The minimum Gasteiger partial charge on any atom is -0.198 e. The molecule has 2 heteroatoms. The monoisotopic (exact) mass is 241 g/mol. The molecule has 0 aliphatic rings. The Morgan fingerprint density at radius 3 is 2.29 bits per heavy atom. The molecule has 0 saturated heterocycles. The number of rotatable bonds is 3. The third-order valence-electron chi connectivity index (χ3n) is 2.72. The second-order valence-corrected chi connectivity index (χ2v) is 4.30. The van der Waals surface area contributed by atoms with Crippen molar-refractivity contribution in [1.29, 1.82) is 5.26 Å². The van der Waals surface area contributed by atoms with Crippen LogP contribution in [0.4, 0.5) is 0 Å². The van der Waals surface area contributed by atoms with Gasteiger partial charge in [0.15, 0.2) is 0 Å². The van der Waals surface area contributed by atoms with E-state index in [0.29, 0.717) is 11.4 Å². The summed E-state index contributed by atoms with van der Waals surface area (Å²) in [5.41, 5.74) is 2.06. The lowest BCUT2D eigenvalue weighted by atomic mass is 9.93. The zero-order chi connectivity index (χ0) is 12.1. The molecule has 0 aromatic heterocycles. The second-order valence-electron chi connectivity index (χ2n) is 3.89. The highest BCUT2D eigenvalue weighted by Crippen LogP contribution is 2.26. The average Bonchev–Trinajstić information content (AvgIpc) is 2.38. The van der Waals surface area contributed by atoms with Gasteiger partial charge in [-0.1, -0.05) is 60.1 Å². The Hall–Kier alpha value is -1.78. The van der Waals surface area contributed by atoms with Crippen molar-refractivity contribution in [3.8, 4) is 6.07 Å². The van der Waals surface area contributed by atoms with Crippen molar-refractivity contribution in [2.24, 2.45) is 0 Å². The summed E-state index contributed by atoms with van der Waals surface area (Å²) < 4.78 is 0. The van der Waals surface area contributed by atoms with Crippen LogP contribution in [0.3, 0.4) is 0 Å². The molecular weight excluding hydrogens is 230 g/mol. The highest BCUT2D eigenvalue weighted by Gasteiger charge is 2.14. The molecule has 0 fully saturated rings. The van der Waals surface area contributed by atoms with E-state index in [9.17, 15) is 5.26 Å². The van der Waals surface area contributed by atoms with E-state index in [4.69, 9.17) is 11.6 Å². The van der Waals surface area contributed by atoms with Crippen LogP contribution in [0.15, 0.2) is 54.6 Å². The molecule has 0 N–H and O–H groups in total. The number of benzene rings is 2. The summed E-state index contributed by atoms with van der Waals surface area (Å²) in [6.45, 7) is 0. The lowest BCUT2D eigenvalue weighted by Crippen LogP contribution is -2.01. The van der Waals surface area contributed by atoms with Crippen LogP contribution < -0.4 is 0 Å². The first kappa shape index (κ1) is 11.7. The van der Waals surface area contributed by atoms with Crippen LogP contribution in [0, 0.1) is 11.3 Å². The summed E-state index contributed by atoms with van der Waals surface area (Å²) in [6.07, 6.45) is 0.696. The molecule has 2 rings (SSSR count). The SMILES string of the molecule is N#CC(Cc1ccccc1)c1ccccc1Cl. The van der Waals surface area contributed by atoms with Crippen molar-refractivity contribution in [2.45, 2.75) is 12.3 Å². The third kappa shape index (κ3) is 2.87. The van der Waals surface area contributed by atoms with Gasteiger partial charge in [0.1, 0.15) is 0 Å². The van der Waals surface area contributed by atoms with Gasteiger partial charge in [-0.3, -0.25) is 0 Å². The minimum absolute atomic E-state index is 0.189. The van der Waals surface area contributed by atoms with Crippen molar-refractivity contribution in [3.05, 3.63) is 70.7 Å². The molecule has 0 aliphatic heterocycles. The molecule has 2 aromatic rings. The van der Waals surface area contributed by atoms with Gasteiger partial charge >= 0.3 is 0 Å². The molecule has 0 amide bonds. The Labute approximate surface area is 106 Å². The fraction of sp³-hybridized carbons (Fsp3) is 0.133. The zero-order valence-electron chi connectivity index (χ0n) is 9.31. The Balaban J connectivity index is 2.25. The quantitative estimate of drug-likeness (QED) is 0.791. The van der Waals surface area contributed by atoms with Gasteiger partial charge in [0.2, 0.25) is 0 Å². The first-order valence-electron chi connectivity index (χ1n) is 5.49. The van der Waals surface area contributed by atoms with Gasteiger partial charge in [0.05, 0.1) is 12.0 Å². The first-order valence-corrected chi connectivity index (χ1v) is 5.87. The van der Waals surface area contributed by atoms with Gasteiger partial charge in [-0.05, 0) is 23.6 Å². The maximum Gasteiger partial charge on any atom is 0.0767 e. The van der Waals surface area contributed by atoms with Crippen LogP contribution in [-0.4, -0.2) is 0 Å². The molecule has 2 aromatic carbocycles. The Morgan fingerprint density at radius 2 is 1.65 bits per heavy atom. The van der Waals surface area contributed by atoms with Crippen LogP contribution in [-0.2, 0) is 6.42 Å². The molecule has 0 aliphatic carbocycles. The molecule has 1 atom stereocenters. The molecular formula is C15H12ClN. The van der Waals surface area contributed by atoms with E-state index in [1.54, 1.807) is 0 Å². The number of hydrogen-bond acceptors (Lipinski definition) is 1. The van der Waals surface area contributed by atoms with Crippen LogP contribution in [0.5, 0.6) is 0 Å². The average molecular weight is 242 g/mol. The summed E-state index contributed by atoms with van der Waals surface area (Å²) in [5, 5.41) is 9.92. The van der Waals surface area contributed by atoms with Crippen LogP contribution in [0.25, 0.3) is 0 Å². The normalized spacial score (nSPS) is 11.8. The van der Waals surface area contributed by atoms with E-state index < -0.39 is 0 Å². The Bertz CT molecular complexity index is 528. The maximum absolute atomic E-state index is 9.26. The fourth-order valence-corrected chi connectivity index (χ4v) is 2.10. The summed E-state index contributed by atoms with van der Waals surface area (Å²) in [5.74, 6) is -0.189. The molecule has 0 radical (unpaired) electrons. The van der Waals surface area contributed by atoms with Crippen molar-refractivity contribution in [1.82, 2.24) is 0 Å². The van der Waals surface area contributed by atoms with Crippen LogP contribution >= 0.6 is 11.6 Å². The molecule has 0 saturated carbocycles. The topological polar surface area (TPSA) is 23.8 Å². The molecule has 1 nitrogen and oxygen atoms in total. The standard InChI is InChI=1S/C15H12ClN/c16-15-9-5-4-8-14(15)13(11-17)10-12-6-2-1-3-7-12/h1-9,13H,10H2. The van der Waals surface area contributed by atoms with Gasteiger partial charge in [-0.2, -0.15) is 5.26 Å². The van der Waals surface area contributed by atoms with Crippen molar-refractivity contribution in [2.75, 3.05) is 0 Å². The highest BCUT2D eigenvalue weighted by molar-refractivity contribution is 6.31. The molecule has 17 heavy (non-hydrogen) atoms. The molecule has 0 heterocycles. The minimum atomic E-state index is -0.189. The highest BCUT2D eigenvalue weighted by atomic mass is 35.5. The zero-order valence-corrected chi connectivity index (χ0v) is 10.1. The summed E-state index contributed by atoms with van der Waals surface area (Å²) >= 11 is 6.11. The summed E-state index contributed by atoms with van der Waals surface area (Å²) in [6, 6.07) is 19.9. The number of halogens is 1. The lowest BCUT2D eigenvalue weighted by molar-refractivity contribution is 0.849. The van der Waals surface area contributed by atoms with Gasteiger partial charge in [-0.25, -0.2) is 0 Å².